The molecule has 0 heterocycles. The van der Waals surface area contributed by atoms with Gasteiger partial charge in [0.1, 0.15) is 4.90 Å². The van der Waals surface area contributed by atoms with Crippen LogP contribution in [-0.2, 0) is 10.0 Å². The molecule has 2 rings (SSSR count). The van der Waals surface area contributed by atoms with Crippen molar-refractivity contribution in [2.24, 2.45) is 0 Å². The highest BCUT2D eigenvalue weighted by atomic mass is 79.9. The smallest absolute Gasteiger partial charge is 0.263 e. The Morgan fingerprint density at radius 1 is 1.11 bits per heavy atom. The number of halogens is 1. The molecule has 2 aromatic rings. The first-order valence-electron chi connectivity index (χ1n) is 5.54. The van der Waals surface area contributed by atoms with Crippen LogP contribution in [0.5, 0.6) is 0 Å². The van der Waals surface area contributed by atoms with Gasteiger partial charge in [0.15, 0.2) is 0 Å². The van der Waals surface area contributed by atoms with Crippen LogP contribution >= 0.6 is 15.9 Å². The summed E-state index contributed by atoms with van der Waals surface area (Å²) in [7, 11) is -3.64. The molecule has 4 nitrogen and oxygen atoms in total. The Balaban J connectivity index is 2.43. The van der Waals surface area contributed by atoms with Crippen LogP contribution in [0.1, 0.15) is 5.56 Å². The van der Waals surface area contributed by atoms with Crippen LogP contribution < -0.4 is 10.5 Å². The molecule has 0 aromatic heterocycles. The van der Waals surface area contributed by atoms with Crippen LogP contribution in [0, 0.1) is 6.92 Å². The molecule has 19 heavy (non-hydrogen) atoms. The first kappa shape index (κ1) is 13.9. The summed E-state index contributed by atoms with van der Waals surface area (Å²) < 4.78 is 27.7. The standard InChI is InChI=1S/C13H13BrN2O2S/c1-9-11(15)6-4-7-12(9)16-19(17,18)13-8-3-2-5-10(13)14/h2-8,16H,15H2,1H3. The van der Waals surface area contributed by atoms with Crippen molar-refractivity contribution in [2.75, 3.05) is 10.5 Å². The summed E-state index contributed by atoms with van der Waals surface area (Å²) in [6, 6.07) is 11.8. The Bertz CT molecular complexity index is 714. The van der Waals surface area contributed by atoms with Gasteiger partial charge < -0.3 is 5.73 Å². The highest BCUT2D eigenvalue weighted by Gasteiger charge is 2.18. The van der Waals surface area contributed by atoms with E-state index in [1.54, 1.807) is 43.3 Å². The number of nitrogen functional groups attached to an aromatic ring is 1. The maximum atomic E-state index is 12.3. The molecule has 0 radical (unpaired) electrons. The monoisotopic (exact) mass is 340 g/mol. The third-order valence-electron chi connectivity index (χ3n) is 2.75. The van der Waals surface area contributed by atoms with Gasteiger partial charge in [0.05, 0.1) is 5.69 Å². The van der Waals surface area contributed by atoms with E-state index < -0.39 is 10.0 Å². The second-order valence-electron chi connectivity index (χ2n) is 4.06. The number of anilines is 2. The minimum absolute atomic E-state index is 0.192. The SMILES string of the molecule is Cc1c(N)cccc1NS(=O)(=O)c1ccccc1Br. The maximum Gasteiger partial charge on any atom is 0.263 e. The average Bonchev–Trinajstić information content (AvgIpc) is 2.35. The molecule has 100 valence electrons. The fourth-order valence-electron chi connectivity index (χ4n) is 1.63. The largest absolute Gasteiger partial charge is 0.398 e. The molecular formula is C13H13BrN2O2S. The predicted octanol–water partition coefficient (Wildman–Crippen LogP) is 3.14. The first-order valence-corrected chi connectivity index (χ1v) is 7.82. The van der Waals surface area contributed by atoms with E-state index in [2.05, 4.69) is 20.7 Å². The molecule has 0 atom stereocenters. The van der Waals surface area contributed by atoms with Crippen molar-refractivity contribution in [2.45, 2.75) is 11.8 Å². The van der Waals surface area contributed by atoms with E-state index in [9.17, 15) is 8.42 Å². The number of nitrogens with two attached hydrogens (primary N) is 1. The van der Waals surface area contributed by atoms with Gasteiger partial charge in [0.25, 0.3) is 10.0 Å². The quantitative estimate of drug-likeness (QED) is 0.843. The molecule has 0 amide bonds. The van der Waals surface area contributed by atoms with Gasteiger partial charge in [-0.05, 0) is 52.7 Å². The van der Waals surface area contributed by atoms with Crippen molar-refractivity contribution < 1.29 is 8.42 Å². The molecule has 0 bridgehead atoms. The van der Waals surface area contributed by atoms with Crippen molar-refractivity contribution in [3.63, 3.8) is 0 Å². The highest BCUT2D eigenvalue weighted by molar-refractivity contribution is 9.10. The minimum Gasteiger partial charge on any atom is -0.398 e. The normalized spacial score (nSPS) is 11.3. The fraction of sp³-hybridized carbons (Fsp3) is 0.0769. The molecular weight excluding hydrogens is 328 g/mol. The zero-order chi connectivity index (χ0) is 14.0. The summed E-state index contributed by atoms with van der Waals surface area (Å²) >= 11 is 3.23. The number of nitrogens with one attached hydrogen (secondary N) is 1. The van der Waals surface area contributed by atoms with Crippen LogP contribution in [0.3, 0.4) is 0 Å². The number of rotatable bonds is 3. The van der Waals surface area contributed by atoms with E-state index >= 15 is 0 Å². The summed E-state index contributed by atoms with van der Waals surface area (Å²) in [6.45, 7) is 1.77. The van der Waals surface area contributed by atoms with E-state index in [1.807, 2.05) is 0 Å². The summed E-state index contributed by atoms with van der Waals surface area (Å²) in [4.78, 5) is 0.192. The van der Waals surface area contributed by atoms with Gasteiger partial charge in [0.2, 0.25) is 0 Å². The second-order valence-corrected chi connectivity index (χ2v) is 6.56. The number of benzene rings is 2. The van der Waals surface area contributed by atoms with Gasteiger partial charge in [-0.2, -0.15) is 0 Å². The van der Waals surface area contributed by atoms with E-state index in [1.165, 1.54) is 6.07 Å². The van der Waals surface area contributed by atoms with Crippen molar-refractivity contribution >= 4 is 37.3 Å². The highest BCUT2D eigenvalue weighted by Crippen LogP contribution is 2.26. The number of sulfonamides is 1. The van der Waals surface area contributed by atoms with Gasteiger partial charge >= 0.3 is 0 Å². The van der Waals surface area contributed by atoms with Crippen LogP contribution in [0.25, 0.3) is 0 Å². The zero-order valence-electron chi connectivity index (χ0n) is 10.2. The molecule has 6 heteroatoms. The van der Waals surface area contributed by atoms with Gasteiger partial charge in [-0.1, -0.05) is 18.2 Å². The lowest BCUT2D eigenvalue weighted by Crippen LogP contribution is -2.14. The Labute approximate surface area is 120 Å². The number of hydrogen-bond acceptors (Lipinski definition) is 3. The first-order chi connectivity index (χ1) is 8.92. The molecule has 0 aliphatic rings. The fourth-order valence-corrected chi connectivity index (χ4v) is 3.75. The van der Waals surface area contributed by atoms with E-state index in [-0.39, 0.29) is 4.90 Å². The molecule has 3 N–H and O–H groups in total. The van der Waals surface area contributed by atoms with Gasteiger partial charge in [-0.3, -0.25) is 4.72 Å². The third-order valence-corrected chi connectivity index (χ3v) is 5.12. The van der Waals surface area contributed by atoms with Crippen molar-refractivity contribution in [3.8, 4) is 0 Å². The molecule has 0 saturated carbocycles. The lowest BCUT2D eigenvalue weighted by Gasteiger charge is -2.12. The van der Waals surface area contributed by atoms with E-state index in [4.69, 9.17) is 5.73 Å². The number of hydrogen-bond donors (Lipinski definition) is 2. The topological polar surface area (TPSA) is 72.2 Å². The Kier molecular flexibility index (Phi) is 3.82. The summed E-state index contributed by atoms with van der Waals surface area (Å²) in [5.74, 6) is 0. The molecule has 0 spiro atoms. The molecule has 0 fully saturated rings. The lowest BCUT2D eigenvalue weighted by molar-refractivity contribution is 0.600. The summed E-state index contributed by atoms with van der Waals surface area (Å²) in [5.41, 5.74) is 7.50. The van der Waals surface area contributed by atoms with Crippen LogP contribution in [-0.4, -0.2) is 8.42 Å². The molecule has 0 aliphatic carbocycles. The van der Waals surface area contributed by atoms with Gasteiger partial charge in [-0.15, -0.1) is 0 Å². The van der Waals surface area contributed by atoms with E-state index in [0.29, 0.717) is 21.4 Å². The predicted molar refractivity (Wildman–Crippen MR) is 80.5 cm³/mol. The van der Waals surface area contributed by atoms with Crippen molar-refractivity contribution in [1.29, 1.82) is 0 Å². The zero-order valence-corrected chi connectivity index (χ0v) is 12.6. The Morgan fingerprint density at radius 2 is 1.79 bits per heavy atom. The lowest BCUT2D eigenvalue weighted by atomic mass is 10.2. The van der Waals surface area contributed by atoms with Crippen LogP contribution in [0.2, 0.25) is 0 Å². The molecule has 0 unspecified atom stereocenters. The van der Waals surface area contributed by atoms with Crippen molar-refractivity contribution in [1.82, 2.24) is 0 Å². The van der Waals surface area contributed by atoms with Crippen molar-refractivity contribution in [3.05, 3.63) is 52.5 Å². The molecule has 2 aromatic carbocycles. The minimum atomic E-state index is -3.64. The van der Waals surface area contributed by atoms with E-state index in [0.717, 1.165) is 0 Å². The Hall–Kier alpha value is -1.53. The summed E-state index contributed by atoms with van der Waals surface area (Å²) in [6.07, 6.45) is 0. The average molecular weight is 341 g/mol. The van der Waals surface area contributed by atoms with Crippen LogP contribution in [0.4, 0.5) is 11.4 Å². The molecule has 0 saturated heterocycles. The maximum absolute atomic E-state index is 12.3. The Morgan fingerprint density at radius 3 is 2.47 bits per heavy atom. The summed E-state index contributed by atoms with van der Waals surface area (Å²) in [5, 5.41) is 0. The third kappa shape index (κ3) is 2.90. The second kappa shape index (κ2) is 5.22. The van der Waals surface area contributed by atoms with Crippen LogP contribution in [0.15, 0.2) is 51.8 Å². The molecule has 0 aliphatic heterocycles. The van der Waals surface area contributed by atoms with Gasteiger partial charge in [0, 0.05) is 10.2 Å². The van der Waals surface area contributed by atoms with Gasteiger partial charge in [-0.25, -0.2) is 8.42 Å².